The fourth-order valence-corrected chi connectivity index (χ4v) is 4.42. The Hall–Kier alpha value is -0.870. The van der Waals surface area contributed by atoms with E-state index in [1.807, 2.05) is 6.07 Å². The second-order valence-electron chi connectivity index (χ2n) is 5.83. The van der Waals surface area contributed by atoms with Crippen molar-refractivity contribution < 1.29 is 13.2 Å². The highest BCUT2D eigenvalue weighted by molar-refractivity contribution is 7.91. The Morgan fingerprint density at radius 1 is 1.25 bits per heavy atom. The lowest BCUT2D eigenvalue weighted by atomic mass is 9.87. The number of benzene rings is 1. The highest BCUT2D eigenvalue weighted by Crippen LogP contribution is 2.34. The second kappa shape index (κ2) is 6.27. The van der Waals surface area contributed by atoms with Gasteiger partial charge in [0.15, 0.2) is 5.44 Å². The molecule has 0 bridgehead atoms. The van der Waals surface area contributed by atoms with Crippen LogP contribution in [-0.2, 0) is 14.6 Å². The molecule has 1 saturated heterocycles. The fraction of sp³-hybridized carbons (Fsp3) is 0.625. The summed E-state index contributed by atoms with van der Waals surface area (Å²) >= 11 is 0. The van der Waals surface area contributed by atoms with Gasteiger partial charge in [0, 0.05) is 0 Å². The van der Waals surface area contributed by atoms with E-state index in [0.717, 1.165) is 12.8 Å². The minimum atomic E-state index is -3.38. The van der Waals surface area contributed by atoms with Gasteiger partial charge in [-0.05, 0) is 36.8 Å². The zero-order valence-electron chi connectivity index (χ0n) is 12.5. The molecule has 0 aromatic heterocycles. The molecular formula is C16H24O3S. The quantitative estimate of drug-likeness (QED) is 0.852. The predicted molar refractivity (Wildman–Crippen MR) is 80.1 cm³/mol. The Bertz CT molecular complexity index is 520. The van der Waals surface area contributed by atoms with Crippen LogP contribution >= 0.6 is 0 Å². The topological polar surface area (TPSA) is 43.4 Å². The van der Waals surface area contributed by atoms with Gasteiger partial charge in [-0.1, -0.05) is 45.4 Å². The van der Waals surface area contributed by atoms with Crippen LogP contribution in [-0.4, -0.2) is 20.0 Å². The van der Waals surface area contributed by atoms with Crippen molar-refractivity contribution >= 4 is 9.84 Å². The first kappa shape index (κ1) is 15.5. The van der Waals surface area contributed by atoms with Crippen molar-refractivity contribution in [1.29, 1.82) is 0 Å². The van der Waals surface area contributed by atoms with E-state index in [2.05, 4.69) is 20.8 Å². The number of hydrogen-bond acceptors (Lipinski definition) is 3. The van der Waals surface area contributed by atoms with Crippen LogP contribution in [0.1, 0.15) is 40.0 Å². The van der Waals surface area contributed by atoms with Crippen molar-refractivity contribution in [3.05, 3.63) is 30.3 Å². The molecule has 0 saturated carbocycles. The minimum absolute atomic E-state index is 0.0391. The van der Waals surface area contributed by atoms with E-state index in [9.17, 15) is 8.42 Å². The van der Waals surface area contributed by atoms with Gasteiger partial charge in [-0.2, -0.15) is 0 Å². The summed E-state index contributed by atoms with van der Waals surface area (Å²) in [5, 5.41) is 0. The average molecular weight is 296 g/mol. The highest BCUT2D eigenvalue weighted by Gasteiger charge is 2.38. The normalized spacial score (nSPS) is 29.1. The van der Waals surface area contributed by atoms with Crippen molar-refractivity contribution in [2.75, 3.05) is 0 Å². The summed E-state index contributed by atoms with van der Waals surface area (Å²) in [6, 6.07) is 8.63. The molecule has 2 rings (SSSR count). The van der Waals surface area contributed by atoms with E-state index in [0.29, 0.717) is 23.2 Å². The summed E-state index contributed by atoms with van der Waals surface area (Å²) in [5.41, 5.74) is -0.694. The van der Waals surface area contributed by atoms with Gasteiger partial charge in [0.1, 0.15) is 0 Å². The van der Waals surface area contributed by atoms with Gasteiger partial charge in [0.2, 0.25) is 9.84 Å². The van der Waals surface area contributed by atoms with Crippen molar-refractivity contribution in [2.24, 2.45) is 11.8 Å². The van der Waals surface area contributed by atoms with Gasteiger partial charge in [-0.3, -0.25) is 0 Å². The third-order valence-electron chi connectivity index (χ3n) is 4.35. The van der Waals surface area contributed by atoms with Crippen molar-refractivity contribution in [3.8, 4) is 0 Å². The highest BCUT2D eigenvalue weighted by atomic mass is 32.2. The standard InChI is InChI=1S/C16H24O3S/c1-4-12(2)16-13(3)10-11-15(19-16)20(17,18)14-8-6-5-7-9-14/h5-9,12-13,15-16H,4,10-11H2,1-3H3/t12-,13-,15?,16?/m0/s1. The lowest BCUT2D eigenvalue weighted by molar-refractivity contribution is -0.0705. The third-order valence-corrected chi connectivity index (χ3v) is 6.32. The molecule has 112 valence electrons. The van der Waals surface area contributed by atoms with Gasteiger partial charge < -0.3 is 4.74 Å². The zero-order chi connectivity index (χ0) is 14.8. The number of hydrogen-bond donors (Lipinski definition) is 0. The van der Waals surface area contributed by atoms with Crippen LogP contribution < -0.4 is 0 Å². The average Bonchev–Trinajstić information content (AvgIpc) is 2.47. The number of rotatable bonds is 4. The van der Waals surface area contributed by atoms with Crippen LogP contribution in [0.2, 0.25) is 0 Å². The SMILES string of the molecule is CC[C@H](C)C1OC(S(=O)(=O)c2ccccc2)CC[C@@H]1C. The number of sulfone groups is 1. The molecule has 1 aromatic carbocycles. The molecule has 1 aliphatic rings. The second-order valence-corrected chi connectivity index (χ2v) is 7.92. The summed E-state index contributed by atoms with van der Waals surface area (Å²) in [5.74, 6) is 0.811. The van der Waals surface area contributed by atoms with Crippen LogP contribution in [0.3, 0.4) is 0 Å². The van der Waals surface area contributed by atoms with E-state index in [4.69, 9.17) is 4.74 Å². The van der Waals surface area contributed by atoms with Crippen LogP contribution in [0.15, 0.2) is 35.2 Å². The summed E-state index contributed by atoms with van der Waals surface area (Å²) < 4.78 is 31.2. The van der Waals surface area contributed by atoms with Gasteiger partial charge >= 0.3 is 0 Å². The molecule has 4 atom stereocenters. The van der Waals surface area contributed by atoms with Crippen LogP contribution in [0, 0.1) is 11.8 Å². The molecule has 1 aromatic rings. The Balaban J connectivity index is 2.21. The first-order valence-electron chi connectivity index (χ1n) is 7.41. The monoisotopic (exact) mass is 296 g/mol. The van der Waals surface area contributed by atoms with Gasteiger partial charge in [0.25, 0.3) is 0 Å². The van der Waals surface area contributed by atoms with Crippen LogP contribution in [0.25, 0.3) is 0 Å². The Morgan fingerprint density at radius 3 is 2.50 bits per heavy atom. The van der Waals surface area contributed by atoms with Gasteiger partial charge in [-0.15, -0.1) is 0 Å². The molecule has 0 spiro atoms. The molecule has 0 radical (unpaired) electrons. The third kappa shape index (κ3) is 3.07. The first-order valence-corrected chi connectivity index (χ1v) is 8.95. The van der Waals surface area contributed by atoms with E-state index in [-0.39, 0.29) is 6.10 Å². The molecule has 0 aliphatic carbocycles. The molecule has 0 amide bonds. The molecule has 1 heterocycles. The number of ether oxygens (including phenoxy) is 1. The summed E-state index contributed by atoms with van der Waals surface area (Å²) in [7, 11) is -3.38. The van der Waals surface area contributed by atoms with E-state index in [1.54, 1.807) is 24.3 Å². The molecule has 3 nitrogen and oxygen atoms in total. The lowest BCUT2D eigenvalue weighted by Crippen LogP contribution is -2.41. The van der Waals surface area contributed by atoms with Crippen molar-refractivity contribution in [1.82, 2.24) is 0 Å². The van der Waals surface area contributed by atoms with Crippen LogP contribution in [0.4, 0.5) is 0 Å². The zero-order valence-corrected chi connectivity index (χ0v) is 13.3. The largest absolute Gasteiger partial charge is 0.358 e. The molecular weight excluding hydrogens is 272 g/mol. The maximum absolute atomic E-state index is 12.6. The minimum Gasteiger partial charge on any atom is -0.358 e. The van der Waals surface area contributed by atoms with Gasteiger partial charge in [0.05, 0.1) is 11.0 Å². The Morgan fingerprint density at radius 2 is 1.90 bits per heavy atom. The molecule has 2 unspecified atom stereocenters. The maximum atomic E-state index is 12.6. The maximum Gasteiger partial charge on any atom is 0.205 e. The molecule has 0 N–H and O–H groups in total. The predicted octanol–water partition coefficient (Wildman–Crippen LogP) is 3.65. The van der Waals surface area contributed by atoms with Gasteiger partial charge in [-0.25, -0.2) is 8.42 Å². The summed E-state index contributed by atoms with van der Waals surface area (Å²) in [6.07, 6.45) is 2.54. The summed E-state index contributed by atoms with van der Waals surface area (Å²) in [6.45, 7) is 6.41. The van der Waals surface area contributed by atoms with E-state index < -0.39 is 15.3 Å². The van der Waals surface area contributed by atoms with Crippen molar-refractivity contribution in [2.45, 2.75) is 56.5 Å². The molecule has 4 heteroatoms. The fourth-order valence-electron chi connectivity index (χ4n) is 2.86. The Kier molecular flexibility index (Phi) is 4.86. The van der Waals surface area contributed by atoms with E-state index in [1.165, 1.54) is 0 Å². The lowest BCUT2D eigenvalue weighted by Gasteiger charge is -2.37. The molecule has 1 aliphatic heterocycles. The first-order chi connectivity index (χ1) is 9.46. The molecule has 1 fully saturated rings. The van der Waals surface area contributed by atoms with E-state index >= 15 is 0 Å². The smallest absolute Gasteiger partial charge is 0.205 e. The molecule has 20 heavy (non-hydrogen) atoms. The Labute approximate surface area is 122 Å². The summed E-state index contributed by atoms with van der Waals surface area (Å²) in [4.78, 5) is 0.363. The van der Waals surface area contributed by atoms with Crippen molar-refractivity contribution in [3.63, 3.8) is 0 Å². The van der Waals surface area contributed by atoms with Crippen LogP contribution in [0.5, 0.6) is 0 Å².